The number of carboxylic acids is 1. The van der Waals surface area contributed by atoms with Crippen LogP contribution in [0.15, 0.2) is 17.1 Å². The zero-order chi connectivity index (χ0) is 13.2. The predicted molar refractivity (Wildman–Crippen MR) is 67.5 cm³/mol. The zero-order valence-corrected chi connectivity index (χ0v) is 10.5. The summed E-state index contributed by atoms with van der Waals surface area (Å²) in [6.45, 7) is 7.62. The van der Waals surface area contributed by atoms with Gasteiger partial charge in [-0.15, -0.1) is 0 Å². The standard InChI is InChI=1S/C9H17N3O2.C2H6/c1-7(10)12-6-4-3-5-9(2,11)8(13)14;1-2/h3-4H,5-6,11H2,1-2H3,(H2,10,12)(H,13,14);1-2H3/b4-3+;/t9-;/m0./s1. The summed E-state index contributed by atoms with van der Waals surface area (Å²) >= 11 is 0. The molecule has 1 atom stereocenters. The van der Waals surface area contributed by atoms with E-state index in [0.29, 0.717) is 12.4 Å². The number of amidine groups is 1. The zero-order valence-electron chi connectivity index (χ0n) is 10.5. The minimum atomic E-state index is -1.21. The van der Waals surface area contributed by atoms with E-state index in [4.69, 9.17) is 16.6 Å². The van der Waals surface area contributed by atoms with Crippen LogP contribution in [0.1, 0.15) is 34.1 Å². The van der Waals surface area contributed by atoms with Crippen molar-refractivity contribution in [2.75, 3.05) is 6.54 Å². The molecule has 94 valence electrons. The Bertz CT molecular complexity index is 254. The van der Waals surface area contributed by atoms with Gasteiger partial charge in [0.05, 0.1) is 12.4 Å². The van der Waals surface area contributed by atoms with Crippen molar-refractivity contribution in [1.29, 1.82) is 0 Å². The lowest BCUT2D eigenvalue weighted by Crippen LogP contribution is -2.44. The Kier molecular flexibility index (Phi) is 9.49. The average molecular weight is 229 g/mol. The number of rotatable bonds is 5. The molecule has 0 saturated heterocycles. The van der Waals surface area contributed by atoms with E-state index in [9.17, 15) is 4.79 Å². The number of aliphatic carboxylic acids is 1. The molecule has 5 nitrogen and oxygen atoms in total. The summed E-state index contributed by atoms with van der Waals surface area (Å²) in [7, 11) is 0. The van der Waals surface area contributed by atoms with Crippen LogP contribution in [-0.4, -0.2) is 29.0 Å². The second-order valence-corrected chi connectivity index (χ2v) is 3.38. The first-order valence-electron chi connectivity index (χ1n) is 5.30. The molecule has 0 aromatic rings. The van der Waals surface area contributed by atoms with E-state index in [0.717, 1.165) is 0 Å². The minimum absolute atomic E-state index is 0.279. The number of nitrogens with two attached hydrogens (primary N) is 2. The van der Waals surface area contributed by atoms with Crippen LogP contribution in [-0.2, 0) is 4.79 Å². The Morgan fingerprint density at radius 2 is 1.94 bits per heavy atom. The van der Waals surface area contributed by atoms with Crippen molar-refractivity contribution in [3.8, 4) is 0 Å². The van der Waals surface area contributed by atoms with Gasteiger partial charge in [0.25, 0.3) is 0 Å². The number of carboxylic acid groups (broad SMARTS) is 1. The highest BCUT2D eigenvalue weighted by Crippen LogP contribution is 2.06. The molecule has 0 radical (unpaired) electrons. The first-order valence-corrected chi connectivity index (χ1v) is 5.30. The van der Waals surface area contributed by atoms with Gasteiger partial charge in [-0.25, -0.2) is 0 Å². The largest absolute Gasteiger partial charge is 0.480 e. The Morgan fingerprint density at radius 1 is 1.44 bits per heavy atom. The van der Waals surface area contributed by atoms with Gasteiger partial charge in [-0.05, 0) is 20.3 Å². The number of aliphatic imine (C=N–C) groups is 1. The molecular weight excluding hydrogens is 206 g/mol. The molecule has 16 heavy (non-hydrogen) atoms. The number of nitrogens with zero attached hydrogens (tertiary/aromatic N) is 1. The van der Waals surface area contributed by atoms with Gasteiger partial charge < -0.3 is 16.6 Å². The monoisotopic (exact) mass is 229 g/mol. The maximum absolute atomic E-state index is 10.6. The van der Waals surface area contributed by atoms with Crippen molar-refractivity contribution in [3.05, 3.63) is 12.2 Å². The highest BCUT2D eigenvalue weighted by molar-refractivity contribution is 5.78. The van der Waals surface area contributed by atoms with Gasteiger partial charge in [0.15, 0.2) is 0 Å². The fourth-order valence-corrected chi connectivity index (χ4v) is 0.687. The molecule has 0 aliphatic heterocycles. The van der Waals surface area contributed by atoms with Crippen LogP contribution in [0, 0.1) is 0 Å². The first kappa shape index (κ1) is 17.0. The molecule has 0 amide bonds. The maximum atomic E-state index is 10.6. The molecule has 0 rings (SSSR count). The highest BCUT2D eigenvalue weighted by Gasteiger charge is 2.25. The Morgan fingerprint density at radius 3 is 2.31 bits per heavy atom. The summed E-state index contributed by atoms with van der Waals surface area (Å²) in [4.78, 5) is 14.5. The van der Waals surface area contributed by atoms with E-state index in [1.54, 1.807) is 19.1 Å². The third-order valence-electron chi connectivity index (χ3n) is 1.64. The molecule has 0 bridgehead atoms. The SMILES string of the molecule is CC.CC(N)=NC/C=C/C[C@](C)(N)C(=O)O. The van der Waals surface area contributed by atoms with Gasteiger partial charge in [-0.2, -0.15) is 0 Å². The van der Waals surface area contributed by atoms with Gasteiger partial charge in [0, 0.05) is 0 Å². The Labute approximate surface area is 97.2 Å². The van der Waals surface area contributed by atoms with Crippen LogP contribution in [0.5, 0.6) is 0 Å². The van der Waals surface area contributed by atoms with Crippen LogP contribution in [0.2, 0.25) is 0 Å². The molecule has 0 aliphatic carbocycles. The fraction of sp³-hybridized carbons (Fsp3) is 0.636. The summed E-state index contributed by atoms with van der Waals surface area (Å²) in [6, 6.07) is 0. The van der Waals surface area contributed by atoms with Crippen molar-refractivity contribution >= 4 is 11.8 Å². The Hall–Kier alpha value is -1.36. The summed E-state index contributed by atoms with van der Waals surface area (Å²) in [5.74, 6) is -0.510. The third-order valence-corrected chi connectivity index (χ3v) is 1.64. The average Bonchev–Trinajstić information content (AvgIpc) is 2.19. The summed E-state index contributed by atoms with van der Waals surface area (Å²) < 4.78 is 0. The summed E-state index contributed by atoms with van der Waals surface area (Å²) in [5.41, 5.74) is 9.59. The van der Waals surface area contributed by atoms with E-state index in [-0.39, 0.29) is 6.42 Å². The quantitative estimate of drug-likeness (QED) is 0.373. The molecule has 0 aromatic carbocycles. The third kappa shape index (κ3) is 9.21. The molecular formula is C11H23N3O2. The van der Waals surface area contributed by atoms with Gasteiger partial charge in [-0.3, -0.25) is 9.79 Å². The highest BCUT2D eigenvalue weighted by atomic mass is 16.4. The van der Waals surface area contributed by atoms with Crippen LogP contribution < -0.4 is 11.5 Å². The van der Waals surface area contributed by atoms with Crippen molar-refractivity contribution in [1.82, 2.24) is 0 Å². The van der Waals surface area contributed by atoms with Gasteiger partial charge in [-0.1, -0.05) is 26.0 Å². The van der Waals surface area contributed by atoms with Gasteiger partial charge in [0.1, 0.15) is 5.54 Å². The van der Waals surface area contributed by atoms with Gasteiger partial charge in [0.2, 0.25) is 0 Å². The molecule has 0 aromatic heterocycles. The molecule has 5 N–H and O–H groups in total. The molecule has 5 heteroatoms. The lowest BCUT2D eigenvalue weighted by atomic mass is 10.00. The van der Waals surface area contributed by atoms with E-state index < -0.39 is 11.5 Å². The molecule has 0 aliphatic rings. The smallest absolute Gasteiger partial charge is 0.323 e. The van der Waals surface area contributed by atoms with E-state index in [1.807, 2.05) is 13.8 Å². The molecule has 0 fully saturated rings. The molecule has 0 saturated carbocycles. The second-order valence-electron chi connectivity index (χ2n) is 3.38. The molecule has 0 heterocycles. The summed E-state index contributed by atoms with van der Waals surface area (Å²) in [5, 5.41) is 8.68. The van der Waals surface area contributed by atoms with E-state index in [2.05, 4.69) is 4.99 Å². The maximum Gasteiger partial charge on any atom is 0.323 e. The molecule has 0 unspecified atom stereocenters. The van der Waals surface area contributed by atoms with Crippen molar-refractivity contribution in [2.45, 2.75) is 39.7 Å². The second kappa shape index (κ2) is 8.91. The number of hydrogen-bond acceptors (Lipinski definition) is 3. The van der Waals surface area contributed by atoms with Crippen molar-refractivity contribution in [2.24, 2.45) is 16.5 Å². The van der Waals surface area contributed by atoms with Crippen LogP contribution in [0.25, 0.3) is 0 Å². The summed E-state index contributed by atoms with van der Waals surface area (Å²) in [6.07, 6.45) is 3.71. The van der Waals surface area contributed by atoms with Crippen LogP contribution in [0.4, 0.5) is 0 Å². The lowest BCUT2D eigenvalue weighted by Gasteiger charge is -2.15. The van der Waals surface area contributed by atoms with Crippen LogP contribution in [0.3, 0.4) is 0 Å². The first-order chi connectivity index (χ1) is 7.36. The van der Waals surface area contributed by atoms with Crippen LogP contribution >= 0.6 is 0 Å². The van der Waals surface area contributed by atoms with E-state index >= 15 is 0 Å². The Balaban J connectivity index is 0. The minimum Gasteiger partial charge on any atom is -0.480 e. The van der Waals surface area contributed by atoms with E-state index in [1.165, 1.54) is 6.92 Å². The number of carbonyl (C=O) groups is 1. The number of hydrogen-bond donors (Lipinski definition) is 3. The topological polar surface area (TPSA) is 102 Å². The van der Waals surface area contributed by atoms with Gasteiger partial charge >= 0.3 is 5.97 Å². The molecule has 0 spiro atoms. The lowest BCUT2D eigenvalue weighted by molar-refractivity contribution is -0.142. The van der Waals surface area contributed by atoms with Crippen molar-refractivity contribution < 1.29 is 9.90 Å². The van der Waals surface area contributed by atoms with Crippen molar-refractivity contribution in [3.63, 3.8) is 0 Å². The predicted octanol–water partition coefficient (Wildman–Crippen LogP) is 1.14. The fourth-order valence-electron chi connectivity index (χ4n) is 0.687. The normalized spacial score (nSPS) is 15.2.